The summed E-state index contributed by atoms with van der Waals surface area (Å²) in [6.07, 6.45) is 1.09. The Morgan fingerprint density at radius 2 is 1.94 bits per heavy atom. The monoisotopic (exact) mass is 457 g/mol. The van der Waals surface area contributed by atoms with Crippen molar-refractivity contribution in [1.29, 1.82) is 0 Å². The average molecular weight is 458 g/mol. The molecule has 162 valence electrons. The van der Waals surface area contributed by atoms with Gasteiger partial charge in [-0.25, -0.2) is 4.79 Å². The number of carbonyl (C=O) groups is 2. The molecule has 1 N–H and O–H groups in total. The number of carboxylic acids is 1. The second-order valence-corrected chi connectivity index (χ2v) is 8.72. The molecule has 0 aromatic heterocycles. The first-order valence-electron chi connectivity index (χ1n) is 9.67. The van der Waals surface area contributed by atoms with Gasteiger partial charge in [-0.2, -0.15) is 0 Å². The highest BCUT2D eigenvalue weighted by Crippen LogP contribution is 2.38. The Labute approximate surface area is 190 Å². The first-order valence-corrected chi connectivity index (χ1v) is 10.9. The van der Waals surface area contributed by atoms with E-state index in [2.05, 4.69) is 0 Å². The van der Waals surface area contributed by atoms with Gasteiger partial charge in [0.1, 0.15) is 0 Å². The number of methoxy groups -OCH3 is 1. The van der Waals surface area contributed by atoms with E-state index in [1.54, 1.807) is 31.2 Å². The quantitative estimate of drug-likeness (QED) is 0.465. The van der Waals surface area contributed by atoms with Gasteiger partial charge in [0.15, 0.2) is 21.9 Å². The molecule has 0 saturated carbocycles. The summed E-state index contributed by atoms with van der Waals surface area (Å²) in [5, 5.41) is 9.22. The van der Waals surface area contributed by atoms with E-state index in [0.717, 1.165) is 16.8 Å². The molecule has 3 rings (SSSR count). The number of rotatable bonds is 7. The van der Waals surface area contributed by atoms with Gasteiger partial charge in [0.25, 0.3) is 5.91 Å². The number of hydrogen-bond donors (Lipinski definition) is 1. The molecule has 0 bridgehead atoms. The molecule has 1 fully saturated rings. The minimum atomic E-state index is -1.04. The van der Waals surface area contributed by atoms with Crippen molar-refractivity contribution >= 4 is 51.9 Å². The van der Waals surface area contributed by atoms with Crippen molar-refractivity contribution in [3.8, 4) is 11.5 Å². The molecule has 8 heteroatoms. The maximum absolute atomic E-state index is 13.0. The Bertz CT molecular complexity index is 1080. The Kier molecular flexibility index (Phi) is 7.02. The maximum Gasteiger partial charge on any atom is 0.344 e. The van der Waals surface area contributed by atoms with E-state index in [-0.39, 0.29) is 5.91 Å². The Hall–Kier alpha value is -2.84. The van der Waals surface area contributed by atoms with Gasteiger partial charge in [-0.1, -0.05) is 43.0 Å². The number of hydrogen-bond acceptors (Lipinski definition) is 6. The highest BCUT2D eigenvalue weighted by atomic mass is 32.2. The zero-order valence-electron chi connectivity index (χ0n) is 17.7. The van der Waals surface area contributed by atoms with Crippen LogP contribution in [-0.4, -0.2) is 34.5 Å². The van der Waals surface area contributed by atoms with Crippen LogP contribution in [-0.2, 0) is 9.59 Å². The largest absolute Gasteiger partial charge is 0.493 e. The molecule has 0 spiro atoms. The third-order valence-electron chi connectivity index (χ3n) is 4.94. The fourth-order valence-corrected chi connectivity index (χ4v) is 4.34. The van der Waals surface area contributed by atoms with E-state index in [1.165, 1.54) is 23.8 Å². The molecular weight excluding hydrogens is 434 g/mol. The van der Waals surface area contributed by atoms with Crippen LogP contribution in [0.5, 0.6) is 11.5 Å². The SMILES string of the molecule is CCC(Oc1ccc(/C=C2/SC(=S)N(c3ccc(C)c(C)c3)C2=O)cc1OC)C(=O)O. The second kappa shape index (κ2) is 9.53. The van der Waals surface area contributed by atoms with Crippen LogP contribution >= 0.6 is 24.0 Å². The van der Waals surface area contributed by atoms with Crippen molar-refractivity contribution in [3.63, 3.8) is 0 Å². The van der Waals surface area contributed by atoms with Crippen LogP contribution in [0, 0.1) is 13.8 Å². The Morgan fingerprint density at radius 3 is 2.55 bits per heavy atom. The van der Waals surface area contributed by atoms with Gasteiger partial charge in [-0.3, -0.25) is 9.69 Å². The van der Waals surface area contributed by atoms with Gasteiger partial charge < -0.3 is 14.6 Å². The Balaban J connectivity index is 1.87. The average Bonchev–Trinajstić information content (AvgIpc) is 3.01. The summed E-state index contributed by atoms with van der Waals surface area (Å²) in [7, 11) is 1.48. The summed E-state index contributed by atoms with van der Waals surface area (Å²) in [6.45, 7) is 5.75. The van der Waals surface area contributed by atoms with Crippen LogP contribution in [0.4, 0.5) is 5.69 Å². The molecule has 1 amide bonds. The molecule has 6 nitrogen and oxygen atoms in total. The molecule has 1 aliphatic heterocycles. The smallest absolute Gasteiger partial charge is 0.344 e. The molecule has 1 saturated heterocycles. The molecular formula is C23H23NO5S2. The van der Waals surface area contributed by atoms with E-state index in [9.17, 15) is 14.7 Å². The van der Waals surface area contributed by atoms with Crippen molar-refractivity contribution in [2.45, 2.75) is 33.3 Å². The molecule has 1 unspecified atom stereocenters. The third kappa shape index (κ3) is 4.91. The summed E-state index contributed by atoms with van der Waals surface area (Å²) in [5.74, 6) is -0.507. The molecule has 31 heavy (non-hydrogen) atoms. The standard InChI is InChI=1S/C23H23NO5S2/c1-5-17(22(26)27)29-18-9-7-15(11-19(18)28-4)12-20-21(25)24(23(30)31-20)16-8-6-13(2)14(3)10-16/h6-12,17H,5H2,1-4H3,(H,26,27)/b20-12+. The molecule has 1 aliphatic rings. The number of anilines is 1. The molecule has 0 radical (unpaired) electrons. The van der Waals surface area contributed by atoms with Crippen LogP contribution in [0.25, 0.3) is 6.08 Å². The highest BCUT2D eigenvalue weighted by Gasteiger charge is 2.33. The summed E-state index contributed by atoms with van der Waals surface area (Å²) < 4.78 is 11.4. The second-order valence-electron chi connectivity index (χ2n) is 7.05. The fourth-order valence-electron chi connectivity index (χ4n) is 3.04. The lowest BCUT2D eigenvalue weighted by molar-refractivity contribution is -0.145. The summed E-state index contributed by atoms with van der Waals surface area (Å²) >= 11 is 6.69. The molecule has 0 aliphatic carbocycles. The van der Waals surface area contributed by atoms with Crippen molar-refractivity contribution in [1.82, 2.24) is 0 Å². The normalized spacial score (nSPS) is 16.0. The number of benzene rings is 2. The van der Waals surface area contributed by atoms with E-state index >= 15 is 0 Å². The van der Waals surface area contributed by atoms with Gasteiger partial charge in [-0.15, -0.1) is 0 Å². The van der Waals surface area contributed by atoms with Crippen LogP contribution in [0.1, 0.15) is 30.0 Å². The van der Waals surface area contributed by atoms with Gasteiger partial charge in [0, 0.05) is 0 Å². The number of nitrogens with zero attached hydrogens (tertiary/aromatic N) is 1. The predicted octanol–water partition coefficient (Wildman–Crippen LogP) is 4.96. The van der Waals surface area contributed by atoms with Crippen LogP contribution in [0.15, 0.2) is 41.3 Å². The van der Waals surface area contributed by atoms with Crippen LogP contribution in [0.2, 0.25) is 0 Å². The van der Waals surface area contributed by atoms with Crippen molar-refractivity contribution in [3.05, 3.63) is 58.0 Å². The summed E-state index contributed by atoms with van der Waals surface area (Å²) in [6, 6.07) is 10.9. The van der Waals surface area contributed by atoms with Gasteiger partial charge >= 0.3 is 5.97 Å². The fraction of sp³-hybridized carbons (Fsp3) is 0.261. The van der Waals surface area contributed by atoms with Crippen molar-refractivity contribution in [2.75, 3.05) is 12.0 Å². The number of carboxylic acid groups (broad SMARTS) is 1. The number of aryl methyl sites for hydroxylation is 2. The first-order chi connectivity index (χ1) is 14.7. The topological polar surface area (TPSA) is 76.1 Å². The number of aliphatic carboxylic acids is 1. The molecule has 2 aromatic carbocycles. The van der Waals surface area contributed by atoms with Gasteiger partial charge in [0.05, 0.1) is 17.7 Å². The van der Waals surface area contributed by atoms with Gasteiger partial charge in [0.2, 0.25) is 0 Å². The first kappa shape index (κ1) is 22.8. The molecule has 1 atom stereocenters. The van der Waals surface area contributed by atoms with Crippen LogP contribution < -0.4 is 14.4 Å². The molecule has 2 aromatic rings. The number of carbonyl (C=O) groups excluding carboxylic acids is 1. The van der Waals surface area contributed by atoms with E-state index < -0.39 is 12.1 Å². The van der Waals surface area contributed by atoms with E-state index in [1.807, 2.05) is 32.0 Å². The molecule has 1 heterocycles. The minimum absolute atomic E-state index is 0.186. The summed E-state index contributed by atoms with van der Waals surface area (Å²) in [4.78, 5) is 26.3. The number of thioether (sulfide) groups is 1. The zero-order chi connectivity index (χ0) is 22.7. The highest BCUT2D eigenvalue weighted by molar-refractivity contribution is 8.27. The lowest BCUT2D eigenvalue weighted by Crippen LogP contribution is -2.27. The zero-order valence-corrected chi connectivity index (χ0v) is 19.3. The van der Waals surface area contributed by atoms with E-state index in [0.29, 0.717) is 32.7 Å². The lowest BCUT2D eigenvalue weighted by Gasteiger charge is -2.16. The maximum atomic E-state index is 13.0. The minimum Gasteiger partial charge on any atom is -0.493 e. The van der Waals surface area contributed by atoms with Crippen molar-refractivity contribution in [2.24, 2.45) is 0 Å². The third-order valence-corrected chi connectivity index (χ3v) is 6.25. The number of thiocarbonyl (C=S) groups is 1. The number of amides is 1. The van der Waals surface area contributed by atoms with Crippen LogP contribution in [0.3, 0.4) is 0 Å². The van der Waals surface area contributed by atoms with E-state index in [4.69, 9.17) is 21.7 Å². The van der Waals surface area contributed by atoms with Gasteiger partial charge in [-0.05, 0) is 67.3 Å². The Morgan fingerprint density at radius 1 is 1.19 bits per heavy atom. The van der Waals surface area contributed by atoms with Crippen molar-refractivity contribution < 1.29 is 24.2 Å². The lowest BCUT2D eigenvalue weighted by atomic mass is 10.1. The predicted molar refractivity (Wildman–Crippen MR) is 127 cm³/mol. The number of ether oxygens (including phenoxy) is 2. The summed E-state index contributed by atoms with van der Waals surface area (Å²) in [5.41, 5.74) is 3.69.